The van der Waals surface area contributed by atoms with Gasteiger partial charge in [-0.25, -0.2) is 15.0 Å². The molecule has 1 aliphatic heterocycles. The molecule has 0 unspecified atom stereocenters. The SMILES string of the molecule is CCc1cccn2c(-c3nc(N[C@@H](C)c4ccc(C5(O)CN(C(c6ccccc6)c6ccccc6)C5)cc4)ncc3C#N)cnc12. The van der Waals surface area contributed by atoms with Gasteiger partial charge >= 0.3 is 0 Å². The van der Waals surface area contributed by atoms with E-state index in [2.05, 4.69) is 87.8 Å². The van der Waals surface area contributed by atoms with Gasteiger partial charge in [-0.3, -0.25) is 9.30 Å². The number of nitrogens with zero attached hydrogens (tertiary/aromatic N) is 6. The summed E-state index contributed by atoms with van der Waals surface area (Å²) in [6, 6.07) is 35.3. The summed E-state index contributed by atoms with van der Waals surface area (Å²) in [5, 5.41) is 24.8. The Labute approximate surface area is 268 Å². The van der Waals surface area contributed by atoms with Crippen LogP contribution in [0.5, 0.6) is 0 Å². The second-order valence-corrected chi connectivity index (χ2v) is 11.9. The van der Waals surface area contributed by atoms with Crippen molar-refractivity contribution in [3.63, 3.8) is 0 Å². The molecule has 1 atom stereocenters. The minimum Gasteiger partial charge on any atom is -0.382 e. The van der Waals surface area contributed by atoms with Crippen LogP contribution in [0.4, 0.5) is 5.95 Å². The highest BCUT2D eigenvalue weighted by molar-refractivity contribution is 5.68. The number of hydrogen-bond donors (Lipinski definition) is 2. The fraction of sp³-hybridized carbons (Fsp3) is 0.211. The Morgan fingerprint density at radius 1 is 0.870 bits per heavy atom. The van der Waals surface area contributed by atoms with Gasteiger partial charge in [-0.15, -0.1) is 0 Å². The highest BCUT2D eigenvalue weighted by atomic mass is 16.3. The van der Waals surface area contributed by atoms with E-state index in [-0.39, 0.29) is 12.1 Å². The Morgan fingerprint density at radius 3 is 2.17 bits per heavy atom. The zero-order valence-corrected chi connectivity index (χ0v) is 25.9. The zero-order chi connectivity index (χ0) is 31.7. The molecule has 3 aromatic carbocycles. The Balaban J connectivity index is 1.07. The lowest BCUT2D eigenvalue weighted by atomic mass is 9.82. The van der Waals surface area contributed by atoms with Crippen LogP contribution in [0.1, 0.15) is 59.3 Å². The smallest absolute Gasteiger partial charge is 0.223 e. The van der Waals surface area contributed by atoms with Crippen molar-refractivity contribution in [3.05, 3.63) is 149 Å². The molecule has 1 saturated heterocycles. The predicted octanol–water partition coefficient (Wildman–Crippen LogP) is 6.69. The molecule has 4 heterocycles. The number of pyridine rings is 1. The molecule has 0 radical (unpaired) electrons. The molecular formula is C38H35N7O. The number of anilines is 1. The van der Waals surface area contributed by atoms with Crippen molar-refractivity contribution < 1.29 is 5.11 Å². The third kappa shape index (κ3) is 5.40. The lowest BCUT2D eigenvalue weighted by molar-refractivity contribution is -0.116. The van der Waals surface area contributed by atoms with Crippen molar-refractivity contribution >= 4 is 11.6 Å². The first kappa shape index (κ1) is 29.4. The molecule has 3 aromatic heterocycles. The Bertz CT molecular complexity index is 1970. The molecule has 0 bridgehead atoms. The van der Waals surface area contributed by atoms with Crippen LogP contribution in [0.25, 0.3) is 17.0 Å². The van der Waals surface area contributed by atoms with E-state index in [9.17, 15) is 10.4 Å². The van der Waals surface area contributed by atoms with Gasteiger partial charge in [0, 0.05) is 19.3 Å². The van der Waals surface area contributed by atoms with Gasteiger partial charge in [0.2, 0.25) is 5.95 Å². The first-order valence-electron chi connectivity index (χ1n) is 15.6. The van der Waals surface area contributed by atoms with Crippen molar-refractivity contribution in [1.29, 1.82) is 5.26 Å². The molecule has 0 amide bonds. The highest BCUT2D eigenvalue weighted by Crippen LogP contribution is 2.41. The summed E-state index contributed by atoms with van der Waals surface area (Å²) < 4.78 is 1.97. The van der Waals surface area contributed by atoms with Gasteiger partial charge in [0.25, 0.3) is 0 Å². The largest absolute Gasteiger partial charge is 0.382 e. The topological polar surface area (TPSA) is 102 Å². The molecule has 1 fully saturated rings. The van der Waals surface area contributed by atoms with Gasteiger partial charge in [-0.2, -0.15) is 5.26 Å². The molecule has 8 nitrogen and oxygen atoms in total. The molecule has 6 aromatic rings. The minimum absolute atomic E-state index is 0.0812. The van der Waals surface area contributed by atoms with Crippen LogP contribution < -0.4 is 5.32 Å². The van der Waals surface area contributed by atoms with Crippen molar-refractivity contribution in [2.24, 2.45) is 0 Å². The van der Waals surface area contributed by atoms with Crippen LogP contribution in [0, 0.1) is 11.3 Å². The lowest BCUT2D eigenvalue weighted by Crippen LogP contribution is -2.60. The van der Waals surface area contributed by atoms with E-state index in [1.165, 1.54) is 11.1 Å². The maximum absolute atomic E-state index is 11.6. The van der Waals surface area contributed by atoms with E-state index in [1.54, 1.807) is 12.4 Å². The molecule has 46 heavy (non-hydrogen) atoms. The third-order valence-corrected chi connectivity index (χ3v) is 8.97. The average molecular weight is 606 g/mol. The number of aliphatic hydroxyl groups is 1. The number of benzene rings is 3. The summed E-state index contributed by atoms with van der Waals surface area (Å²) in [6.07, 6.45) is 6.11. The number of fused-ring (bicyclic) bond motifs is 1. The van der Waals surface area contributed by atoms with Gasteiger partial charge in [0.15, 0.2) is 0 Å². The Hall–Kier alpha value is -5.36. The van der Waals surface area contributed by atoms with Gasteiger partial charge in [0.1, 0.15) is 23.0 Å². The van der Waals surface area contributed by atoms with Crippen molar-refractivity contribution in [2.45, 2.75) is 38.0 Å². The summed E-state index contributed by atoms with van der Waals surface area (Å²) in [4.78, 5) is 16.1. The number of aromatic nitrogens is 4. The maximum atomic E-state index is 11.6. The number of β-amino-alcohol motifs (C(OH)–C–C–N with tert-alkyl or cyclic N) is 1. The van der Waals surface area contributed by atoms with Crippen LogP contribution in [0.2, 0.25) is 0 Å². The standard InChI is InChI=1S/C38H35N7O/c1-3-27-15-10-20-45-33(23-40-36(27)45)34-31(21-39)22-41-37(43-34)42-26(2)28-16-18-32(19-17-28)38(46)24-44(25-38)35(29-11-6-4-7-12-29)30-13-8-5-9-14-30/h4-20,22-23,26,35,46H,3,24-25H2,1-2H3,(H,41,42,43)/t26-/m0/s1. The molecule has 0 saturated carbocycles. The minimum atomic E-state index is -0.923. The summed E-state index contributed by atoms with van der Waals surface area (Å²) >= 11 is 0. The van der Waals surface area contributed by atoms with E-state index >= 15 is 0 Å². The van der Waals surface area contributed by atoms with Crippen LogP contribution in [-0.2, 0) is 12.0 Å². The number of nitrogens with one attached hydrogen (secondary N) is 1. The first-order valence-corrected chi connectivity index (χ1v) is 15.6. The molecule has 0 aliphatic carbocycles. The van der Waals surface area contributed by atoms with E-state index in [1.807, 2.05) is 60.0 Å². The van der Waals surface area contributed by atoms with Crippen molar-refractivity contribution in [1.82, 2.24) is 24.3 Å². The Kier molecular flexibility index (Phi) is 7.79. The number of rotatable bonds is 9. The van der Waals surface area contributed by atoms with Crippen LogP contribution in [0.15, 0.2) is 116 Å². The van der Waals surface area contributed by atoms with Gasteiger partial charge in [-0.1, -0.05) is 97.9 Å². The normalized spacial score (nSPS) is 14.9. The number of imidazole rings is 1. The summed E-state index contributed by atoms with van der Waals surface area (Å²) in [5.74, 6) is 0.424. The van der Waals surface area contributed by atoms with E-state index in [4.69, 9.17) is 4.98 Å². The second kappa shape index (κ2) is 12.2. The number of hydrogen-bond acceptors (Lipinski definition) is 7. The van der Waals surface area contributed by atoms with Crippen LogP contribution in [0.3, 0.4) is 0 Å². The van der Waals surface area contributed by atoms with Crippen molar-refractivity contribution in [2.75, 3.05) is 18.4 Å². The number of nitriles is 1. The molecule has 0 spiro atoms. The zero-order valence-electron chi connectivity index (χ0n) is 25.9. The fourth-order valence-corrected chi connectivity index (χ4v) is 6.48. The van der Waals surface area contributed by atoms with Gasteiger partial charge in [-0.05, 0) is 47.2 Å². The summed E-state index contributed by atoms with van der Waals surface area (Å²) in [5.41, 5.74) is 7.09. The second-order valence-electron chi connectivity index (χ2n) is 11.9. The molecule has 228 valence electrons. The average Bonchev–Trinajstić information content (AvgIpc) is 3.53. The van der Waals surface area contributed by atoms with Gasteiger partial charge < -0.3 is 10.4 Å². The molecule has 2 N–H and O–H groups in total. The third-order valence-electron chi connectivity index (χ3n) is 8.97. The molecule has 7 rings (SSSR count). The summed E-state index contributed by atoms with van der Waals surface area (Å²) in [7, 11) is 0. The van der Waals surface area contributed by atoms with Crippen molar-refractivity contribution in [3.8, 4) is 17.5 Å². The summed E-state index contributed by atoms with van der Waals surface area (Å²) in [6.45, 7) is 5.22. The first-order chi connectivity index (χ1) is 22.5. The monoisotopic (exact) mass is 605 g/mol. The quantitative estimate of drug-likeness (QED) is 0.189. The lowest BCUT2D eigenvalue weighted by Gasteiger charge is -2.50. The molecule has 1 aliphatic rings. The molecular weight excluding hydrogens is 570 g/mol. The Morgan fingerprint density at radius 2 is 1.54 bits per heavy atom. The van der Waals surface area contributed by atoms with Crippen LogP contribution >= 0.6 is 0 Å². The van der Waals surface area contributed by atoms with E-state index < -0.39 is 5.60 Å². The van der Waals surface area contributed by atoms with Crippen LogP contribution in [-0.4, -0.2) is 42.4 Å². The number of aryl methyl sites for hydroxylation is 1. The highest BCUT2D eigenvalue weighted by Gasteiger charge is 2.46. The van der Waals surface area contributed by atoms with Gasteiger partial charge in [0.05, 0.1) is 35.7 Å². The number of likely N-dealkylation sites (tertiary alicyclic amines) is 1. The molecule has 8 heteroatoms. The van der Waals surface area contributed by atoms with E-state index in [0.717, 1.165) is 34.5 Å². The fourth-order valence-electron chi connectivity index (χ4n) is 6.48. The maximum Gasteiger partial charge on any atom is 0.223 e. The van der Waals surface area contributed by atoms with E-state index in [0.29, 0.717) is 30.3 Å². The predicted molar refractivity (Wildman–Crippen MR) is 179 cm³/mol.